The molecule has 1 N–H and O–H groups in total. The standard InChI is InChI=1S/C26H28N4O3/c1-16-11-12-24(17(2)13-16)32-15-23-20(5)33-29-25(23)26(31)27-14-22-18(3)28-30(19(22)4)21-9-7-6-8-10-21/h6-13H,14-15H2,1-5H3,(H,27,31). The summed E-state index contributed by atoms with van der Waals surface area (Å²) in [5, 5.41) is 11.6. The molecule has 0 saturated carbocycles. The van der Waals surface area contributed by atoms with Gasteiger partial charge in [-0.2, -0.15) is 5.10 Å². The van der Waals surface area contributed by atoms with Crippen molar-refractivity contribution in [3.63, 3.8) is 0 Å². The van der Waals surface area contributed by atoms with Crippen molar-refractivity contribution in [2.24, 2.45) is 0 Å². The van der Waals surface area contributed by atoms with Gasteiger partial charge in [-0.15, -0.1) is 0 Å². The minimum Gasteiger partial charge on any atom is -0.488 e. The van der Waals surface area contributed by atoms with Crippen molar-refractivity contribution >= 4 is 5.91 Å². The van der Waals surface area contributed by atoms with E-state index in [-0.39, 0.29) is 18.2 Å². The number of nitrogens with zero attached hydrogens (tertiary/aromatic N) is 3. The second-order valence-electron chi connectivity index (χ2n) is 8.20. The topological polar surface area (TPSA) is 82.2 Å². The second kappa shape index (κ2) is 9.32. The number of aromatic nitrogens is 3. The summed E-state index contributed by atoms with van der Waals surface area (Å²) < 4.78 is 13.2. The number of amides is 1. The van der Waals surface area contributed by atoms with E-state index in [9.17, 15) is 4.79 Å². The molecule has 7 heteroatoms. The molecule has 4 aromatic rings. The Morgan fingerprint density at radius 3 is 2.52 bits per heavy atom. The van der Waals surface area contributed by atoms with Crippen molar-refractivity contribution in [1.82, 2.24) is 20.3 Å². The van der Waals surface area contributed by atoms with E-state index >= 15 is 0 Å². The Hall–Kier alpha value is -3.87. The minimum atomic E-state index is -0.308. The number of aryl methyl sites for hydroxylation is 4. The van der Waals surface area contributed by atoms with Gasteiger partial charge >= 0.3 is 0 Å². The van der Waals surface area contributed by atoms with Crippen molar-refractivity contribution in [3.8, 4) is 11.4 Å². The highest BCUT2D eigenvalue weighted by atomic mass is 16.5. The molecule has 0 spiro atoms. The predicted octanol–water partition coefficient (Wildman–Crippen LogP) is 4.91. The number of rotatable bonds is 7. The van der Waals surface area contributed by atoms with Gasteiger partial charge in [0.15, 0.2) is 5.69 Å². The maximum atomic E-state index is 13.0. The van der Waals surface area contributed by atoms with Crippen molar-refractivity contribution in [2.45, 2.75) is 47.8 Å². The first-order valence-electron chi connectivity index (χ1n) is 10.9. The summed E-state index contributed by atoms with van der Waals surface area (Å²) in [5.41, 5.74) is 6.89. The average Bonchev–Trinajstić information content (AvgIpc) is 3.31. The molecule has 0 fully saturated rings. The van der Waals surface area contributed by atoms with Crippen molar-refractivity contribution in [2.75, 3.05) is 0 Å². The summed E-state index contributed by atoms with van der Waals surface area (Å²) in [5.74, 6) is 1.03. The number of nitrogens with one attached hydrogen (secondary N) is 1. The van der Waals surface area contributed by atoms with Gasteiger partial charge in [-0.3, -0.25) is 4.79 Å². The zero-order chi connectivity index (χ0) is 23.5. The van der Waals surface area contributed by atoms with Crippen LogP contribution in [0.15, 0.2) is 53.1 Å². The summed E-state index contributed by atoms with van der Waals surface area (Å²) in [6.07, 6.45) is 0. The highest BCUT2D eigenvalue weighted by Gasteiger charge is 2.22. The minimum absolute atomic E-state index is 0.200. The van der Waals surface area contributed by atoms with Crippen LogP contribution in [0.5, 0.6) is 5.75 Å². The SMILES string of the molecule is Cc1ccc(OCc2c(C(=O)NCc3c(C)nn(-c4ccccc4)c3C)noc2C)c(C)c1. The number of carbonyl (C=O) groups excluding carboxylic acids is 1. The summed E-state index contributed by atoms with van der Waals surface area (Å²) in [6.45, 7) is 10.3. The third-order valence-corrected chi connectivity index (χ3v) is 5.77. The van der Waals surface area contributed by atoms with Gasteiger partial charge in [-0.25, -0.2) is 4.68 Å². The number of carbonyl (C=O) groups is 1. The molecule has 0 radical (unpaired) electrons. The third-order valence-electron chi connectivity index (χ3n) is 5.77. The lowest BCUT2D eigenvalue weighted by Crippen LogP contribution is -2.25. The molecule has 0 saturated heterocycles. The molecular weight excluding hydrogens is 416 g/mol. The van der Waals surface area contributed by atoms with Gasteiger partial charge in [0.25, 0.3) is 5.91 Å². The lowest BCUT2D eigenvalue weighted by Gasteiger charge is -2.10. The van der Waals surface area contributed by atoms with Crippen LogP contribution in [0.4, 0.5) is 0 Å². The van der Waals surface area contributed by atoms with Crippen LogP contribution in [0.2, 0.25) is 0 Å². The quantitative estimate of drug-likeness (QED) is 0.438. The number of benzene rings is 2. The van der Waals surface area contributed by atoms with Gasteiger partial charge in [0, 0.05) is 17.8 Å². The fraction of sp³-hybridized carbons (Fsp3) is 0.269. The Balaban J connectivity index is 1.47. The van der Waals surface area contributed by atoms with Crippen LogP contribution in [0.3, 0.4) is 0 Å². The van der Waals surface area contributed by atoms with E-state index in [2.05, 4.69) is 21.6 Å². The molecule has 0 bridgehead atoms. The molecule has 1 amide bonds. The third kappa shape index (κ3) is 4.67. The highest BCUT2D eigenvalue weighted by molar-refractivity contribution is 5.93. The smallest absolute Gasteiger partial charge is 0.274 e. The van der Waals surface area contributed by atoms with Gasteiger partial charge in [0.2, 0.25) is 0 Å². The number of hydrogen-bond acceptors (Lipinski definition) is 5. The molecule has 4 rings (SSSR count). The van der Waals surface area contributed by atoms with Gasteiger partial charge in [-0.1, -0.05) is 41.1 Å². The fourth-order valence-electron chi connectivity index (χ4n) is 3.85. The van der Waals surface area contributed by atoms with E-state index in [0.717, 1.165) is 34.0 Å². The molecule has 0 aliphatic carbocycles. The maximum absolute atomic E-state index is 13.0. The lowest BCUT2D eigenvalue weighted by atomic mass is 10.1. The summed E-state index contributed by atoms with van der Waals surface area (Å²) in [6, 6.07) is 15.9. The van der Waals surface area contributed by atoms with E-state index in [4.69, 9.17) is 9.26 Å². The normalized spacial score (nSPS) is 10.9. The zero-order valence-corrected chi connectivity index (χ0v) is 19.6. The van der Waals surface area contributed by atoms with E-state index in [1.165, 1.54) is 5.56 Å². The molecule has 0 atom stereocenters. The van der Waals surface area contributed by atoms with E-state index in [1.807, 2.05) is 74.8 Å². The Morgan fingerprint density at radius 2 is 1.79 bits per heavy atom. The van der Waals surface area contributed by atoms with E-state index in [0.29, 0.717) is 17.9 Å². The monoisotopic (exact) mass is 444 g/mol. The molecule has 2 heterocycles. The van der Waals surface area contributed by atoms with Crippen molar-refractivity contribution in [1.29, 1.82) is 0 Å². The van der Waals surface area contributed by atoms with Crippen molar-refractivity contribution in [3.05, 3.63) is 93.6 Å². The van der Waals surface area contributed by atoms with Crippen LogP contribution < -0.4 is 10.1 Å². The Morgan fingerprint density at radius 1 is 1.03 bits per heavy atom. The molecule has 0 aliphatic heterocycles. The maximum Gasteiger partial charge on any atom is 0.274 e. The summed E-state index contributed by atoms with van der Waals surface area (Å²) in [4.78, 5) is 13.0. The van der Waals surface area contributed by atoms with Gasteiger partial charge in [0.1, 0.15) is 18.1 Å². The first kappa shape index (κ1) is 22.3. The largest absolute Gasteiger partial charge is 0.488 e. The Bertz CT molecular complexity index is 1290. The molecule has 2 aromatic carbocycles. The number of hydrogen-bond donors (Lipinski definition) is 1. The fourth-order valence-corrected chi connectivity index (χ4v) is 3.85. The Labute approximate surface area is 193 Å². The summed E-state index contributed by atoms with van der Waals surface area (Å²) >= 11 is 0. The van der Waals surface area contributed by atoms with Gasteiger partial charge in [0.05, 0.1) is 16.9 Å². The van der Waals surface area contributed by atoms with E-state index in [1.54, 1.807) is 6.92 Å². The molecular formula is C26H28N4O3. The first-order chi connectivity index (χ1) is 15.8. The van der Waals surface area contributed by atoms with Crippen LogP contribution in [0.25, 0.3) is 5.69 Å². The molecule has 7 nitrogen and oxygen atoms in total. The van der Waals surface area contributed by atoms with Gasteiger partial charge in [-0.05, 0) is 58.4 Å². The average molecular weight is 445 g/mol. The van der Waals surface area contributed by atoms with Crippen LogP contribution >= 0.6 is 0 Å². The van der Waals surface area contributed by atoms with E-state index < -0.39 is 0 Å². The molecule has 33 heavy (non-hydrogen) atoms. The molecule has 0 aliphatic rings. The predicted molar refractivity (Wildman–Crippen MR) is 126 cm³/mol. The van der Waals surface area contributed by atoms with Gasteiger partial charge < -0.3 is 14.6 Å². The lowest BCUT2D eigenvalue weighted by molar-refractivity contribution is 0.0939. The second-order valence-corrected chi connectivity index (χ2v) is 8.20. The Kier molecular flexibility index (Phi) is 6.31. The van der Waals surface area contributed by atoms with Crippen LogP contribution in [-0.4, -0.2) is 20.8 Å². The molecule has 0 unspecified atom stereocenters. The van der Waals surface area contributed by atoms with Crippen LogP contribution in [0.1, 0.15) is 49.9 Å². The molecule has 170 valence electrons. The number of ether oxygens (including phenoxy) is 1. The zero-order valence-electron chi connectivity index (χ0n) is 19.6. The van der Waals surface area contributed by atoms with Crippen molar-refractivity contribution < 1.29 is 14.1 Å². The molecule has 2 aromatic heterocycles. The van der Waals surface area contributed by atoms with Crippen LogP contribution in [-0.2, 0) is 13.2 Å². The highest BCUT2D eigenvalue weighted by Crippen LogP contribution is 2.23. The van der Waals surface area contributed by atoms with Crippen LogP contribution in [0, 0.1) is 34.6 Å². The summed E-state index contributed by atoms with van der Waals surface area (Å²) in [7, 11) is 0. The first-order valence-corrected chi connectivity index (χ1v) is 10.9. The number of para-hydroxylation sites is 1.